The Labute approximate surface area is 228 Å². The second-order valence-electron chi connectivity index (χ2n) is 9.20. The van der Waals surface area contributed by atoms with Gasteiger partial charge in [0.2, 0.25) is 0 Å². The number of hydrogen-bond acceptors (Lipinski definition) is 5. The van der Waals surface area contributed by atoms with Crippen LogP contribution >= 0.6 is 0 Å². The Morgan fingerprint density at radius 1 is 0.821 bits per heavy atom. The molecule has 0 atom stereocenters. The van der Waals surface area contributed by atoms with Gasteiger partial charge in [-0.15, -0.1) is 0 Å². The van der Waals surface area contributed by atoms with Crippen molar-refractivity contribution in [3.63, 3.8) is 0 Å². The highest BCUT2D eigenvalue weighted by Crippen LogP contribution is 2.37. The molecule has 0 spiro atoms. The fraction of sp³-hybridized carbons (Fsp3) is 0.250. The number of carbonyl (C=O) groups is 2. The summed E-state index contributed by atoms with van der Waals surface area (Å²) in [5.41, 5.74) is 5.88. The number of carboxylic acids is 2. The normalized spacial score (nSPS) is 13.5. The summed E-state index contributed by atoms with van der Waals surface area (Å²) in [5.74, 6) is -2.50. The number of hydrogen-bond donors (Lipinski definition) is 2. The van der Waals surface area contributed by atoms with Gasteiger partial charge in [0.25, 0.3) is 0 Å². The lowest BCUT2D eigenvalue weighted by Gasteiger charge is -2.27. The van der Waals surface area contributed by atoms with Crippen molar-refractivity contribution in [3.8, 4) is 12.1 Å². The highest BCUT2D eigenvalue weighted by Gasteiger charge is 2.21. The maximum Gasteiger partial charge on any atom is 0.346 e. The Hall–Kier alpha value is -4.88. The van der Waals surface area contributed by atoms with Crippen molar-refractivity contribution in [2.45, 2.75) is 45.4 Å². The van der Waals surface area contributed by atoms with E-state index in [1.807, 2.05) is 12.1 Å². The predicted octanol–water partition coefficient (Wildman–Crippen LogP) is 6.60. The highest BCUT2D eigenvalue weighted by molar-refractivity contribution is 5.92. The number of rotatable bonds is 11. The summed E-state index contributed by atoms with van der Waals surface area (Å²) in [6.07, 6.45) is 15.5. The second kappa shape index (κ2) is 14.2. The Balaban J connectivity index is 1.93. The molecule has 1 aliphatic rings. The lowest BCUT2D eigenvalue weighted by molar-refractivity contribution is -0.133. The molecule has 3 rings (SSSR count). The molecule has 7 heteroatoms. The molecule has 1 heterocycles. The number of aryl methyl sites for hydroxylation is 2. The van der Waals surface area contributed by atoms with Crippen molar-refractivity contribution in [1.82, 2.24) is 0 Å². The first kappa shape index (κ1) is 28.7. The maximum absolute atomic E-state index is 11.1. The van der Waals surface area contributed by atoms with Crippen molar-refractivity contribution < 1.29 is 19.8 Å². The van der Waals surface area contributed by atoms with Crippen molar-refractivity contribution >= 4 is 35.5 Å². The van der Waals surface area contributed by atoms with E-state index in [0.717, 1.165) is 61.2 Å². The first-order valence-electron chi connectivity index (χ1n) is 12.9. The molecule has 0 amide bonds. The Kier molecular flexibility index (Phi) is 10.4. The predicted molar refractivity (Wildman–Crippen MR) is 152 cm³/mol. The molecular formula is C32H31N3O4. The summed E-state index contributed by atoms with van der Waals surface area (Å²) >= 11 is 0. The number of aliphatic carboxylic acids is 2. The van der Waals surface area contributed by atoms with Crippen LogP contribution in [-0.4, -0.2) is 28.7 Å². The average Bonchev–Trinajstić information content (AvgIpc) is 3.07. The van der Waals surface area contributed by atoms with Gasteiger partial charge >= 0.3 is 11.9 Å². The number of allylic oxidation sites excluding steroid dienone is 4. The monoisotopic (exact) mass is 521 g/mol. The zero-order valence-electron chi connectivity index (χ0n) is 21.9. The van der Waals surface area contributed by atoms with Crippen LogP contribution in [0.4, 0.5) is 11.4 Å². The van der Waals surface area contributed by atoms with Gasteiger partial charge in [0.1, 0.15) is 23.3 Å². The Bertz CT molecular complexity index is 1330. The zero-order chi connectivity index (χ0) is 28.2. The van der Waals surface area contributed by atoms with Crippen LogP contribution in [0.25, 0.3) is 12.2 Å². The first-order chi connectivity index (χ1) is 18.9. The summed E-state index contributed by atoms with van der Waals surface area (Å²) in [7, 11) is 0. The largest absolute Gasteiger partial charge is 0.477 e. The molecule has 39 heavy (non-hydrogen) atoms. The molecule has 0 aromatic heterocycles. The summed E-state index contributed by atoms with van der Waals surface area (Å²) < 4.78 is 0. The SMILES string of the molecule is CCCCCCN1c2ccc(/C=C/C=C(/C#N)C(=O)O)cc2CCc2cc(/C=C/C=C(/C#N)C(=O)O)ccc21. The van der Waals surface area contributed by atoms with E-state index in [9.17, 15) is 9.59 Å². The quantitative estimate of drug-likeness (QED) is 0.148. The molecule has 2 aromatic carbocycles. The smallest absolute Gasteiger partial charge is 0.346 e. The minimum Gasteiger partial charge on any atom is -0.477 e. The Morgan fingerprint density at radius 3 is 1.72 bits per heavy atom. The van der Waals surface area contributed by atoms with Gasteiger partial charge in [-0.3, -0.25) is 0 Å². The van der Waals surface area contributed by atoms with Crippen LogP contribution < -0.4 is 4.90 Å². The molecule has 0 fully saturated rings. The number of nitrogens with zero attached hydrogens (tertiary/aromatic N) is 3. The van der Waals surface area contributed by atoms with Crippen LogP contribution in [-0.2, 0) is 22.4 Å². The van der Waals surface area contributed by atoms with Crippen LogP contribution in [0.2, 0.25) is 0 Å². The molecule has 0 bridgehead atoms. The van der Waals surface area contributed by atoms with Gasteiger partial charge in [0.05, 0.1) is 0 Å². The molecule has 198 valence electrons. The van der Waals surface area contributed by atoms with E-state index in [4.69, 9.17) is 20.7 Å². The minimum atomic E-state index is -1.25. The summed E-state index contributed by atoms with van der Waals surface area (Å²) in [6, 6.07) is 15.8. The number of unbranched alkanes of at least 4 members (excludes halogenated alkanes) is 3. The highest BCUT2D eigenvalue weighted by atomic mass is 16.4. The molecule has 0 saturated carbocycles. The molecule has 0 radical (unpaired) electrons. The molecule has 0 aliphatic carbocycles. The van der Waals surface area contributed by atoms with Crippen LogP contribution in [0.1, 0.15) is 54.9 Å². The number of nitriles is 2. The topological polar surface area (TPSA) is 125 Å². The summed E-state index contributed by atoms with van der Waals surface area (Å²) in [5, 5.41) is 36.0. The van der Waals surface area contributed by atoms with Crippen molar-refractivity contribution in [2.24, 2.45) is 0 Å². The van der Waals surface area contributed by atoms with E-state index >= 15 is 0 Å². The first-order valence-corrected chi connectivity index (χ1v) is 12.9. The molecule has 0 unspecified atom stereocenters. The fourth-order valence-corrected chi connectivity index (χ4v) is 4.51. The second-order valence-corrected chi connectivity index (χ2v) is 9.20. The van der Waals surface area contributed by atoms with E-state index in [0.29, 0.717) is 0 Å². The average molecular weight is 522 g/mol. The van der Waals surface area contributed by atoms with Crippen LogP contribution in [0.15, 0.2) is 71.8 Å². The molecule has 2 aromatic rings. The standard InChI is InChI=1S/C32H31N3O4/c1-2-3-4-5-18-35-29-16-12-23(8-6-10-27(21-33)31(36)37)19-25(29)14-15-26-20-24(13-17-30(26)35)9-7-11-28(22-34)32(38)39/h6-13,16-17,19-20H,2-5,14-15,18H2,1H3,(H,36,37)(H,38,39)/b8-6+,9-7+,27-10-,28-11-. The van der Waals surface area contributed by atoms with Gasteiger partial charge in [-0.1, -0.05) is 62.6 Å². The molecule has 1 aliphatic heterocycles. The van der Waals surface area contributed by atoms with E-state index in [1.54, 1.807) is 36.4 Å². The number of benzene rings is 2. The van der Waals surface area contributed by atoms with Gasteiger partial charge in [0.15, 0.2) is 0 Å². The molecule has 7 nitrogen and oxygen atoms in total. The van der Waals surface area contributed by atoms with Gasteiger partial charge in [-0.2, -0.15) is 10.5 Å². The van der Waals surface area contributed by atoms with Gasteiger partial charge in [-0.25, -0.2) is 9.59 Å². The van der Waals surface area contributed by atoms with Gasteiger partial charge in [-0.05, 0) is 77.9 Å². The lowest BCUT2D eigenvalue weighted by atomic mass is 10.0. The fourth-order valence-electron chi connectivity index (χ4n) is 4.51. The third-order valence-electron chi connectivity index (χ3n) is 6.49. The van der Waals surface area contributed by atoms with Gasteiger partial charge < -0.3 is 15.1 Å². The molecule has 2 N–H and O–H groups in total. The van der Waals surface area contributed by atoms with Crippen molar-refractivity contribution in [1.29, 1.82) is 10.5 Å². The minimum absolute atomic E-state index is 0.318. The van der Waals surface area contributed by atoms with Crippen LogP contribution in [0.3, 0.4) is 0 Å². The van der Waals surface area contributed by atoms with E-state index in [2.05, 4.69) is 36.1 Å². The maximum atomic E-state index is 11.1. The summed E-state index contributed by atoms with van der Waals surface area (Å²) in [4.78, 5) is 24.5. The zero-order valence-corrected chi connectivity index (χ0v) is 21.9. The van der Waals surface area contributed by atoms with E-state index in [1.165, 1.54) is 29.7 Å². The lowest BCUT2D eigenvalue weighted by Crippen LogP contribution is -2.19. The number of carboxylic acid groups (broad SMARTS) is 2. The van der Waals surface area contributed by atoms with E-state index in [-0.39, 0.29) is 11.1 Å². The molecule has 0 saturated heterocycles. The summed E-state index contributed by atoms with van der Waals surface area (Å²) in [6.45, 7) is 3.07. The third-order valence-corrected chi connectivity index (χ3v) is 6.49. The Morgan fingerprint density at radius 2 is 1.31 bits per heavy atom. The van der Waals surface area contributed by atoms with E-state index < -0.39 is 11.9 Å². The van der Waals surface area contributed by atoms with Crippen molar-refractivity contribution in [2.75, 3.05) is 11.4 Å². The third kappa shape index (κ3) is 7.80. The van der Waals surface area contributed by atoms with Crippen LogP contribution in [0, 0.1) is 22.7 Å². The van der Waals surface area contributed by atoms with Crippen molar-refractivity contribution in [3.05, 3.63) is 94.1 Å². The molecular weight excluding hydrogens is 490 g/mol. The number of fused-ring (bicyclic) bond motifs is 2. The number of anilines is 2. The van der Waals surface area contributed by atoms with Gasteiger partial charge in [0, 0.05) is 17.9 Å². The van der Waals surface area contributed by atoms with Crippen LogP contribution in [0.5, 0.6) is 0 Å².